The molecule has 1 aromatic heterocycles. The lowest BCUT2D eigenvalue weighted by Gasteiger charge is -2.24. The number of hydrogen-bond acceptors (Lipinski definition) is 3. The van der Waals surface area contributed by atoms with Crippen LogP contribution in [0.3, 0.4) is 0 Å². The van der Waals surface area contributed by atoms with Crippen molar-refractivity contribution in [2.75, 3.05) is 6.54 Å². The molecule has 0 aliphatic heterocycles. The van der Waals surface area contributed by atoms with Crippen LogP contribution in [0.15, 0.2) is 41.0 Å². The van der Waals surface area contributed by atoms with Crippen molar-refractivity contribution in [1.29, 1.82) is 0 Å². The van der Waals surface area contributed by atoms with Crippen LogP contribution in [0.25, 0.3) is 0 Å². The maximum absolute atomic E-state index is 12.5. The maximum atomic E-state index is 12.5. The molecule has 1 aromatic carbocycles. The third-order valence-electron chi connectivity index (χ3n) is 3.09. The predicted octanol–water partition coefficient (Wildman–Crippen LogP) is 4.02. The van der Waals surface area contributed by atoms with Gasteiger partial charge < -0.3 is 14.1 Å². The molecule has 0 bridgehead atoms. The van der Waals surface area contributed by atoms with Crippen molar-refractivity contribution in [2.24, 2.45) is 0 Å². The first kappa shape index (κ1) is 17.3. The minimum Gasteiger partial charge on any atom is -0.479 e. The van der Waals surface area contributed by atoms with Crippen LogP contribution in [0.1, 0.15) is 12.7 Å². The van der Waals surface area contributed by atoms with Gasteiger partial charge in [0.1, 0.15) is 16.5 Å². The van der Waals surface area contributed by atoms with Crippen molar-refractivity contribution in [3.8, 4) is 18.1 Å². The second-order valence-electron chi connectivity index (χ2n) is 4.79. The zero-order chi connectivity index (χ0) is 16.8. The summed E-state index contributed by atoms with van der Waals surface area (Å²) in [4.78, 5) is 14.0. The SMILES string of the molecule is C#CCN(Cc1ccco1)C(=O)C(C)Oc1cccc(Cl)c1Cl. The monoisotopic (exact) mass is 351 g/mol. The molecule has 0 saturated heterocycles. The molecular formula is C17H15Cl2NO3. The van der Waals surface area contributed by atoms with Gasteiger partial charge in [0.15, 0.2) is 6.10 Å². The first-order chi connectivity index (χ1) is 11.0. The molecule has 0 aliphatic rings. The molecule has 4 nitrogen and oxygen atoms in total. The number of terminal acetylenes is 1. The van der Waals surface area contributed by atoms with E-state index in [1.165, 1.54) is 4.90 Å². The third kappa shape index (κ3) is 4.44. The Labute approximate surface area is 144 Å². The first-order valence-electron chi connectivity index (χ1n) is 6.88. The van der Waals surface area contributed by atoms with E-state index in [0.29, 0.717) is 16.5 Å². The molecule has 0 fully saturated rings. The van der Waals surface area contributed by atoms with Gasteiger partial charge in [-0.1, -0.05) is 35.2 Å². The zero-order valence-electron chi connectivity index (χ0n) is 12.5. The Morgan fingerprint density at radius 2 is 2.17 bits per heavy atom. The van der Waals surface area contributed by atoms with Gasteiger partial charge in [-0.05, 0) is 31.2 Å². The van der Waals surface area contributed by atoms with Crippen LogP contribution in [0, 0.1) is 12.3 Å². The lowest BCUT2D eigenvalue weighted by molar-refractivity contribution is -0.138. The van der Waals surface area contributed by atoms with E-state index in [9.17, 15) is 4.79 Å². The Balaban J connectivity index is 2.09. The van der Waals surface area contributed by atoms with E-state index in [2.05, 4.69) is 5.92 Å². The Hall–Kier alpha value is -2.09. The van der Waals surface area contributed by atoms with Gasteiger partial charge >= 0.3 is 0 Å². The highest BCUT2D eigenvalue weighted by Crippen LogP contribution is 2.32. The van der Waals surface area contributed by atoms with Crippen LogP contribution >= 0.6 is 23.2 Å². The van der Waals surface area contributed by atoms with Crippen molar-refractivity contribution >= 4 is 29.1 Å². The number of carbonyl (C=O) groups is 1. The molecule has 0 N–H and O–H groups in total. The highest BCUT2D eigenvalue weighted by Gasteiger charge is 2.23. The highest BCUT2D eigenvalue weighted by molar-refractivity contribution is 6.42. The summed E-state index contributed by atoms with van der Waals surface area (Å²) in [5.74, 6) is 3.18. The Kier molecular flexibility index (Phi) is 5.97. The fraction of sp³-hybridized carbons (Fsp3) is 0.235. The number of carbonyl (C=O) groups excluding carboxylic acids is 1. The number of ether oxygens (including phenoxy) is 1. The van der Waals surface area contributed by atoms with Gasteiger partial charge in [-0.25, -0.2) is 0 Å². The molecule has 1 atom stereocenters. The molecule has 1 heterocycles. The van der Waals surface area contributed by atoms with Crippen LogP contribution in [0.2, 0.25) is 10.0 Å². The predicted molar refractivity (Wildman–Crippen MR) is 89.5 cm³/mol. The fourth-order valence-corrected chi connectivity index (χ4v) is 2.32. The molecular weight excluding hydrogens is 337 g/mol. The summed E-state index contributed by atoms with van der Waals surface area (Å²) in [6.45, 7) is 2.05. The molecule has 2 aromatic rings. The van der Waals surface area contributed by atoms with Crippen molar-refractivity contribution in [3.05, 3.63) is 52.4 Å². The number of furan rings is 1. The number of benzene rings is 1. The van der Waals surface area contributed by atoms with E-state index in [4.69, 9.17) is 38.8 Å². The van der Waals surface area contributed by atoms with Gasteiger partial charge in [0.25, 0.3) is 5.91 Å². The topological polar surface area (TPSA) is 42.7 Å². The van der Waals surface area contributed by atoms with Gasteiger partial charge in [-0.3, -0.25) is 4.79 Å². The number of nitrogens with zero attached hydrogens (tertiary/aromatic N) is 1. The van der Waals surface area contributed by atoms with Crippen LogP contribution in [0.5, 0.6) is 5.75 Å². The van der Waals surface area contributed by atoms with E-state index >= 15 is 0 Å². The summed E-state index contributed by atoms with van der Waals surface area (Å²) in [6.07, 6.45) is 6.11. The summed E-state index contributed by atoms with van der Waals surface area (Å²) >= 11 is 12.0. The first-order valence-corrected chi connectivity index (χ1v) is 7.63. The number of hydrogen-bond donors (Lipinski definition) is 0. The van der Waals surface area contributed by atoms with Crippen LogP contribution in [0.4, 0.5) is 0 Å². The van der Waals surface area contributed by atoms with Crippen molar-refractivity contribution in [3.63, 3.8) is 0 Å². The largest absolute Gasteiger partial charge is 0.479 e. The minimum absolute atomic E-state index is 0.149. The minimum atomic E-state index is -0.769. The van der Waals surface area contributed by atoms with E-state index in [-0.39, 0.29) is 24.0 Å². The van der Waals surface area contributed by atoms with Crippen molar-refractivity contribution < 1.29 is 13.9 Å². The van der Waals surface area contributed by atoms with Gasteiger partial charge in [0.05, 0.1) is 24.4 Å². The van der Waals surface area contributed by atoms with E-state index in [0.717, 1.165) is 0 Å². The maximum Gasteiger partial charge on any atom is 0.264 e. The Morgan fingerprint density at radius 3 is 2.83 bits per heavy atom. The summed E-state index contributed by atoms with van der Waals surface area (Å²) in [5.41, 5.74) is 0. The number of rotatable bonds is 6. The summed E-state index contributed by atoms with van der Waals surface area (Å²) < 4.78 is 10.9. The molecule has 6 heteroatoms. The van der Waals surface area contributed by atoms with Crippen LogP contribution < -0.4 is 4.74 Å². The smallest absolute Gasteiger partial charge is 0.264 e. The zero-order valence-corrected chi connectivity index (χ0v) is 14.0. The van der Waals surface area contributed by atoms with Crippen LogP contribution in [-0.2, 0) is 11.3 Å². The normalized spacial score (nSPS) is 11.6. The summed E-state index contributed by atoms with van der Waals surface area (Å²) in [6, 6.07) is 8.51. The molecule has 0 saturated carbocycles. The summed E-state index contributed by atoms with van der Waals surface area (Å²) in [7, 11) is 0. The molecule has 1 amide bonds. The second-order valence-corrected chi connectivity index (χ2v) is 5.57. The molecule has 0 spiro atoms. The lowest BCUT2D eigenvalue weighted by Crippen LogP contribution is -2.40. The standard InChI is InChI=1S/C17H15Cl2NO3/c1-3-9-20(11-13-6-5-10-22-13)17(21)12(2)23-15-8-4-7-14(18)16(15)19/h1,4-8,10,12H,9,11H2,2H3. The van der Waals surface area contributed by atoms with E-state index < -0.39 is 6.10 Å². The van der Waals surface area contributed by atoms with Gasteiger partial charge in [0, 0.05) is 0 Å². The number of amides is 1. The molecule has 1 unspecified atom stereocenters. The molecule has 0 aliphatic carbocycles. The average Bonchev–Trinajstić information content (AvgIpc) is 3.03. The molecule has 0 radical (unpaired) electrons. The van der Waals surface area contributed by atoms with Gasteiger partial charge in [-0.2, -0.15) is 0 Å². The van der Waals surface area contributed by atoms with E-state index in [1.54, 1.807) is 43.5 Å². The molecule has 2 rings (SSSR count). The Bertz CT molecular complexity index is 707. The average molecular weight is 352 g/mol. The third-order valence-corrected chi connectivity index (χ3v) is 3.89. The fourth-order valence-electron chi connectivity index (χ4n) is 1.99. The van der Waals surface area contributed by atoms with Crippen molar-refractivity contribution in [1.82, 2.24) is 4.90 Å². The number of halogens is 2. The van der Waals surface area contributed by atoms with E-state index in [1.807, 2.05) is 0 Å². The van der Waals surface area contributed by atoms with Gasteiger partial charge in [-0.15, -0.1) is 6.42 Å². The quantitative estimate of drug-likeness (QED) is 0.738. The van der Waals surface area contributed by atoms with Crippen molar-refractivity contribution in [2.45, 2.75) is 19.6 Å². The summed E-state index contributed by atoms with van der Waals surface area (Å²) in [5, 5.41) is 0.628. The second kappa shape index (κ2) is 7.96. The Morgan fingerprint density at radius 1 is 1.39 bits per heavy atom. The molecule has 23 heavy (non-hydrogen) atoms. The lowest BCUT2D eigenvalue weighted by atomic mass is 10.3. The molecule has 120 valence electrons. The van der Waals surface area contributed by atoms with Crippen LogP contribution in [-0.4, -0.2) is 23.5 Å². The highest BCUT2D eigenvalue weighted by atomic mass is 35.5. The van der Waals surface area contributed by atoms with Gasteiger partial charge in [0.2, 0.25) is 0 Å².